The van der Waals surface area contributed by atoms with Crippen LogP contribution in [0.15, 0.2) is 46.1 Å². The van der Waals surface area contributed by atoms with Gasteiger partial charge in [-0.25, -0.2) is 0 Å². The van der Waals surface area contributed by atoms with Crippen LogP contribution in [-0.4, -0.2) is 9.55 Å². The fraction of sp³-hybridized carbons (Fsp3) is 0.167. The third-order valence-corrected chi connectivity index (χ3v) is 2.82. The Morgan fingerprint density at radius 2 is 2.31 bits per heavy atom. The largest absolute Gasteiger partial charge is 0.310 e. The molecular weight excluding hydrogens is 268 g/mol. The summed E-state index contributed by atoms with van der Waals surface area (Å²) in [7, 11) is 0. The van der Waals surface area contributed by atoms with Crippen molar-refractivity contribution in [1.29, 1.82) is 0 Å². The SMILES string of the molecule is Cc1cc(Br)c(=O)n(Cc2cccnc2)c1. The fourth-order valence-electron chi connectivity index (χ4n) is 1.55. The molecule has 4 heteroatoms. The molecule has 0 fully saturated rings. The van der Waals surface area contributed by atoms with Crippen molar-refractivity contribution in [3.05, 3.63) is 62.7 Å². The molecule has 16 heavy (non-hydrogen) atoms. The van der Waals surface area contributed by atoms with Gasteiger partial charge in [-0.2, -0.15) is 0 Å². The zero-order valence-electron chi connectivity index (χ0n) is 8.85. The van der Waals surface area contributed by atoms with Crippen LogP contribution in [0.3, 0.4) is 0 Å². The van der Waals surface area contributed by atoms with Crippen LogP contribution in [0.4, 0.5) is 0 Å². The molecule has 2 aromatic heterocycles. The minimum Gasteiger partial charge on any atom is -0.310 e. The second-order valence-corrected chi connectivity index (χ2v) is 4.51. The average Bonchev–Trinajstić information content (AvgIpc) is 2.27. The van der Waals surface area contributed by atoms with Crippen molar-refractivity contribution in [3.63, 3.8) is 0 Å². The van der Waals surface area contributed by atoms with E-state index >= 15 is 0 Å². The molecule has 0 spiro atoms. The minimum absolute atomic E-state index is 0.0190. The van der Waals surface area contributed by atoms with Gasteiger partial charge >= 0.3 is 0 Å². The molecule has 3 nitrogen and oxygen atoms in total. The van der Waals surface area contributed by atoms with Gasteiger partial charge in [0.2, 0.25) is 0 Å². The van der Waals surface area contributed by atoms with Gasteiger partial charge in [0.15, 0.2) is 0 Å². The second-order valence-electron chi connectivity index (χ2n) is 3.66. The van der Waals surface area contributed by atoms with Gasteiger partial charge in [0.25, 0.3) is 5.56 Å². The highest BCUT2D eigenvalue weighted by molar-refractivity contribution is 9.10. The summed E-state index contributed by atoms with van der Waals surface area (Å²) in [6.07, 6.45) is 5.33. The molecule has 0 aliphatic carbocycles. The first-order chi connectivity index (χ1) is 7.66. The standard InChI is InChI=1S/C12H11BrN2O/c1-9-5-11(13)12(16)15(7-9)8-10-3-2-4-14-6-10/h2-7H,8H2,1H3. The summed E-state index contributed by atoms with van der Waals surface area (Å²) in [5.41, 5.74) is 2.05. The molecule has 2 rings (SSSR count). The van der Waals surface area contributed by atoms with Gasteiger partial charge in [-0.1, -0.05) is 6.07 Å². The van der Waals surface area contributed by atoms with Crippen LogP contribution in [0.1, 0.15) is 11.1 Å². The van der Waals surface area contributed by atoms with E-state index in [-0.39, 0.29) is 5.56 Å². The summed E-state index contributed by atoms with van der Waals surface area (Å²) in [4.78, 5) is 15.8. The van der Waals surface area contributed by atoms with Crippen LogP contribution in [0, 0.1) is 6.92 Å². The van der Waals surface area contributed by atoms with E-state index in [0.717, 1.165) is 11.1 Å². The van der Waals surface area contributed by atoms with E-state index in [9.17, 15) is 4.79 Å². The van der Waals surface area contributed by atoms with Crippen molar-refractivity contribution in [2.75, 3.05) is 0 Å². The molecule has 0 amide bonds. The van der Waals surface area contributed by atoms with Crippen molar-refractivity contribution in [1.82, 2.24) is 9.55 Å². The molecule has 0 bridgehead atoms. The number of rotatable bonds is 2. The first-order valence-electron chi connectivity index (χ1n) is 4.92. The van der Waals surface area contributed by atoms with Crippen LogP contribution >= 0.6 is 15.9 Å². The lowest BCUT2D eigenvalue weighted by Gasteiger charge is -2.07. The highest BCUT2D eigenvalue weighted by atomic mass is 79.9. The zero-order valence-corrected chi connectivity index (χ0v) is 10.4. The first-order valence-corrected chi connectivity index (χ1v) is 5.71. The lowest BCUT2D eigenvalue weighted by molar-refractivity contribution is 0.747. The summed E-state index contributed by atoms with van der Waals surface area (Å²) >= 11 is 3.26. The summed E-state index contributed by atoms with van der Waals surface area (Å²) in [6.45, 7) is 2.51. The van der Waals surface area contributed by atoms with E-state index in [1.165, 1.54) is 0 Å². The van der Waals surface area contributed by atoms with E-state index in [1.54, 1.807) is 17.0 Å². The van der Waals surface area contributed by atoms with E-state index in [1.807, 2.05) is 31.3 Å². The average molecular weight is 279 g/mol. The molecule has 0 aromatic carbocycles. The number of nitrogens with zero attached hydrogens (tertiary/aromatic N) is 2. The number of halogens is 1. The Bertz CT molecular complexity index is 549. The topological polar surface area (TPSA) is 34.9 Å². The third-order valence-electron chi connectivity index (χ3n) is 2.25. The Balaban J connectivity index is 2.39. The van der Waals surface area contributed by atoms with Gasteiger partial charge in [0.1, 0.15) is 0 Å². The molecule has 0 atom stereocenters. The Labute approximate surface area is 102 Å². The van der Waals surface area contributed by atoms with Crippen LogP contribution in [-0.2, 0) is 6.54 Å². The number of pyridine rings is 2. The Hall–Kier alpha value is -1.42. The van der Waals surface area contributed by atoms with Crippen LogP contribution in [0.5, 0.6) is 0 Å². The minimum atomic E-state index is -0.0190. The predicted octanol–water partition coefficient (Wildman–Crippen LogP) is 2.36. The maximum atomic E-state index is 11.8. The highest BCUT2D eigenvalue weighted by Gasteiger charge is 2.02. The summed E-state index contributed by atoms with van der Waals surface area (Å²) in [5.74, 6) is 0. The summed E-state index contributed by atoms with van der Waals surface area (Å²) in [6, 6.07) is 5.64. The van der Waals surface area contributed by atoms with Gasteiger partial charge < -0.3 is 4.57 Å². The van der Waals surface area contributed by atoms with Gasteiger partial charge in [-0.15, -0.1) is 0 Å². The quantitative estimate of drug-likeness (QED) is 0.845. The van der Waals surface area contributed by atoms with Crippen molar-refractivity contribution >= 4 is 15.9 Å². The van der Waals surface area contributed by atoms with E-state index in [4.69, 9.17) is 0 Å². The van der Waals surface area contributed by atoms with Crippen molar-refractivity contribution in [3.8, 4) is 0 Å². The second kappa shape index (κ2) is 4.61. The molecule has 0 aliphatic rings. The van der Waals surface area contributed by atoms with E-state index in [2.05, 4.69) is 20.9 Å². The van der Waals surface area contributed by atoms with Gasteiger partial charge in [0.05, 0.1) is 11.0 Å². The van der Waals surface area contributed by atoms with Gasteiger partial charge in [-0.3, -0.25) is 9.78 Å². The normalized spacial score (nSPS) is 10.4. The smallest absolute Gasteiger partial charge is 0.265 e. The molecule has 0 N–H and O–H groups in total. The Morgan fingerprint density at radius 3 is 3.00 bits per heavy atom. The molecular formula is C12H11BrN2O. The lowest BCUT2D eigenvalue weighted by atomic mass is 10.2. The third kappa shape index (κ3) is 2.39. The maximum absolute atomic E-state index is 11.8. The van der Waals surface area contributed by atoms with Crippen LogP contribution in [0.2, 0.25) is 0 Å². The number of hydrogen-bond donors (Lipinski definition) is 0. The zero-order chi connectivity index (χ0) is 11.5. The van der Waals surface area contributed by atoms with E-state index in [0.29, 0.717) is 11.0 Å². The van der Waals surface area contributed by atoms with E-state index < -0.39 is 0 Å². The molecule has 0 aliphatic heterocycles. The molecule has 82 valence electrons. The number of aromatic nitrogens is 2. The van der Waals surface area contributed by atoms with Crippen molar-refractivity contribution in [2.45, 2.75) is 13.5 Å². The highest BCUT2D eigenvalue weighted by Crippen LogP contribution is 2.07. The van der Waals surface area contributed by atoms with Gasteiger partial charge in [-0.05, 0) is 46.1 Å². The number of aryl methyl sites for hydroxylation is 1. The Kier molecular flexibility index (Phi) is 3.19. The first kappa shape index (κ1) is 11.1. The molecule has 0 unspecified atom stereocenters. The summed E-state index contributed by atoms with van der Waals surface area (Å²) in [5, 5.41) is 0. The molecule has 0 radical (unpaired) electrons. The van der Waals surface area contributed by atoms with Crippen LogP contribution in [0.25, 0.3) is 0 Å². The van der Waals surface area contributed by atoms with Gasteiger partial charge in [0, 0.05) is 18.6 Å². The van der Waals surface area contributed by atoms with Crippen molar-refractivity contribution < 1.29 is 0 Å². The molecule has 2 heterocycles. The van der Waals surface area contributed by atoms with Crippen LogP contribution < -0.4 is 5.56 Å². The lowest BCUT2D eigenvalue weighted by Crippen LogP contribution is -2.21. The maximum Gasteiger partial charge on any atom is 0.265 e. The predicted molar refractivity (Wildman–Crippen MR) is 66.5 cm³/mol. The molecule has 0 saturated carbocycles. The number of hydrogen-bond acceptors (Lipinski definition) is 2. The Morgan fingerprint density at radius 1 is 1.50 bits per heavy atom. The monoisotopic (exact) mass is 278 g/mol. The summed E-state index contributed by atoms with van der Waals surface area (Å²) < 4.78 is 2.27. The molecule has 2 aromatic rings. The molecule has 0 saturated heterocycles. The fourth-order valence-corrected chi connectivity index (χ4v) is 2.14. The van der Waals surface area contributed by atoms with Crippen molar-refractivity contribution in [2.24, 2.45) is 0 Å².